The number of nitrogens with two attached hydrogens (primary N) is 1. The fraction of sp³-hybridized carbons (Fsp3) is 0.857. The van der Waals surface area contributed by atoms with Crippen LogP contribution < -0.4 is 11.1 Å². The van der Waals surface area contributed by atoms with Crippen molar-refractivity contribution in [3.05, 3.63) is 0 Å². The van der Waals surface area contributed by atoms with E-state index in [1.807, 2.05) is 18.7 Å². The lowest BCUT2D eigenvalue weighted by Gasteiger charge is -2.34. The van der Waals surface area contributed by atoms with Crippen LogP contribution in [0.2, 0.25) is 0 Å². The van der Waals surface area contributed by atoms with Crippen molar-refractivity contribution in [3.63, 3.8) is 0 Å². The van der Waals surface area contributed by atoms with Crippen LogP contribution in [0.4, 0.5) is 0 Å². The largest absolute Gasteiger partial charge is 0.346 e. The molecule has 0 aromatic rings. The molecule has 116 valence electrons. The Bertz CT molecular complexity index is 325. The van der Waals surface area contributed by atoms with Gasteiger partial charge in [0.15, 0.2) is 0 Å². The second-order valence-corrected chi connectivity index (χ2v) is 5.71. The molecule has 1 heterocycles. The highest BCUT2D eigenvalue weighted by Crippen LogP contribution is 2.03. The number of nitrogens with zero attached hydrogens (tertiary/aromatic N) is 2. The Morgan fingerprint density at radius 1 is 1.20 bits per heavy atom. The van der Waals surface area contributed by atoms with Gasteiger partial charge in [-0.3, -0.25) is 14.5 Å². The van der Waals surface area contributed by atoms with Gasteiger partial charge in [0, 0.05) is 26.2 Å². The Morgan fingerprint density at radius 2 is 1.80 bits per heavy atom. The second-order valence-electron chi connectivity index (χ2n) is 5.71. The van der Waals surface area contributed by atoms with Crippen molar-refractivity contribution in [2.24, 2.45) is 11.7 Å². The van der Waals surface area contributed by atoms with Crippen LogP contribution in [0.5, 0.6) is 0 Å². The summed E-state index contributed by atoms with van der Waals surface area (Å²) in [6.45, 7) is 10.4. The van der Waals surface area contributed by atoms with Crippen LogP contribution in [-0.2, 0) is 9.59 Å². The molecule has 1 fully saturated rings. The molecule has 1 rings (SSSR count). The van der Waals surface area contributed by atoms with E-state index in [0.717, 1.165) is 39.1 Å². The zero-order valence-electron chi connectivity index (χ0n) is 12.9. The van der Waals surface area contributed by atoms with Gasteiger partial charge in [-0.05, 0) is 18.9 Å². The normalized spacial score (nSPS) is 18.1. The molecule has 6 heteroatoms. The second kappa shape index (κ2) is 8.21. The van der Waals surface area contributed by atoms with Crippen LogP contribution >= 0.6 is 0 Å². The van der Waals surface area contributed by atoms with E-state index in [1.165, 1.54) is 0 Å². The Morgan fingerprint density at radius 3 is 2.30 bits per heavy atom. The quantitative estimate of drug-likeness (QED) is 0.698. The number of carbonyl (C=O) groups is 2. The molecule has 0 bridgehead atoms. The number of hydrogen-bond donors (Lipinski definition) is 2. The van der Waals surface area contributed by atoms with Gasteiger partial charge in [-0.15, -0.1) is 0 Å². The summed E-state index contributed by atoms with van der Waals surface area (Å²) in [4.78, 5) is 27.9. The van der Waals surface area contributed by atoms with Crippen molar-refractivity contribution >= 4 is 11.8 Å². The van der Waals surface area contributed by atoms with E-state index in [0.29, 0.717) is 0 Å². The summed E-state index contributed by atoms with van der Waals surface area (Å²) in [5.74, 6) is -0.203. The van der Waals surface area contributed by atoms with Crippen LogP contribution in [0.25, 0.3) is 0 Å². The molecule has 1 aliphatic rings. The average Bonchev–Trinajstić information content (AvgIpc) is 2.44. The Labute approximate surface area is 121 Å². The van der Waals surface area contributed by atoms with Crippen LogP contribution in [0.15, 0.2) is 0 Å². The van der Waals surface area contributed by atoms with Gasteiger partial charge in [0.2, 0.25) is 11.8 Å². The fourth-order valence-electron chi connectivity index (χ4n) is 2.23. The Hall–Kier alpha value is -1.14. The van der Waals surface area contributed by atoms with Gasteiger partial charge in [-0.2, -0.15) is 0 Å². The van der Waals surface area contributed by atoms with Crippen molar-refractivity contribution in [2.75, 3.05) is 39.3 Å². The summed E-state index contributed by atoms with van der Waals surface area (Å²) in [6, 6.07) is -0.552. The Kier molecular flexibility index (Phi) is 6.95. The topological polar surface area (TPSA) is 78.7 Å². The molecule has 1 atom stereocenters. The number of amides is 2. The minimum absolute atomic E-state index is 0.0227. The first-order valence-electron chi connectivity index (χ1n) is 7.49. The van der Waals surface area contributed by atoms with E-state index in [4.69, 9.17) is 5.73 Å². The minimum atomic E-state index is -0.552. The van der Waals surface area contributed by atoms with E-state index in [1.54, 1.807) is 0 Å². The van der Waals surface area contributed by atoms with E-state index >= 15 is 0 Å². The summed E-state index contributed by atoms with van der Waals surface area (Å²) in [7, 11) is 0. The van der Waals surface area contributed by atoms with Gasteiger partial charge in [0.1, 0.15) is 0 Å². The van der Waals surface area contributed by atoms with Gasteiger partial charge in [0.05, 0.1) is 12.6 Å². The van der Waals surface area contributed by atoms with Gasteiger partial charge in [0.25, 0.3) is 0 Å². The fourth-order valence-corrected chi connectivity index (χ4v) is 2.23. The number of rotatable bonds is 6. The highest BCUT2D eigenvalue weighted by Gasteiger charge is 2.22. The third kappa shape index (κ3) is 5.09. The van der Waals surface area contributed by atoms with E-state index in [-0.39, 0.29) is 24.3 Å². The molecule has 0 radical (unpaired) electrons. The highest BCUT2D eigenvalue weighted by atomic mass is 16.2. The number of hydrogen-bond acceptors (Lipinski definition) is 4. The lowest BCUT2D eigenvalue weighted by atomic mass is 10.1. The molecule has 3 N–H and O–H groups in total. The smallest absolute Gasteiger partial charge is 0.242 e. The minimum Gasteiger partial charge on any atom is -0.346 e. The van der Waals surface area contributed by atoms with Gasteiger partial charge < -0.3 is 16.0 Å². The molecule has 20 heavy (non-hydrogen) atoms. The van der Waals surface area contributed by atoms with Crippen LogP contribution in [0.3, 0.4) is 0 Å². The lowest BCUT2D eigenvalue weighted by molar-refractivity contribution is -0.134. The van der Waals surface area contributed by atoms with Crippen LogP contribution in [0, 0.1) is 5.92 Å². The molecule has 0 unspecified atom stereocenters. The molecular weight excluding hydrogens is 256 g/mol. The van der Waals surface area contributed by atoms with Gasteiger partial charge >= 0.3 is 0 Å². The zero-order valence-corrected chi connectivity index (χ0v) is 12.9. The number of carbonyl (C=O) groups excluding carboxylic acids is 2. The monoisotopic (exact) mass is 284 g/mol. The first-order valence-corrected chi connectivity index (χ1v) is 7.49. The summed E-state index contributed by atoms with van der Waals surface area (Å²) in [5, 5.41) is 2.63. The summed E-state index contributed by atoms with van der Waals surface area (Å²) >= 11 is 0. The molecule has 0 aliphatic carbocycles. The standard InChI is InChI=1S/C14H28N4O2/c1-4-5-17-6-8-18(9-7-17)12(19)10-16-14(20)13(15)11(2)3/h11,13H,4-10,15H2,1-3H3,(H,16,20)/t13-/m0/s1. The zero-order chi connectivity index (χ0) is 15.1. The average molecular weight is 284 g/mol. The van der Waals surface area contributed by atoms with Crippen molar-refractivity contribution < 1.29 is 9.59 Å². The molecule has 1 saturated heterocycles. The van der Waals surface area contributed by atoms with Gasteiger partial charge in [-0.25, -0.2) is 0 Å². The maximum absolute atomic E-state index is 12.0. The van der Waals surface area contributed by atoms with Crippen molar-refractivity contribution in [3.8, 4) is 0 Å². The highest BCUT2D eigenvalue weighted by molar-refractivity contribution is 5.87. The maximum atomic E-state index is 12.0. The molecule has 0 saturated carbocycles. The summed E-state index contributed by atoms with van der Waals surface area (Å²) in [6.07, 6.45) is 1.14. The van der Waals surface area contributed by atoms with E-state index in [2.05, 4.69) is 17.1 Å². The maximum Gasteiger partial charge on any atom is 0.242 e. The van der Waals surface area contributed by atoms with E-state index < -0.39 is 6.04 Å². The molecule has 0 spiro atoms. The molecular formula is C14H28N4O2. The number of piperazine rings is 1. The molecule has 2 amide bonds. The molecule has 6 nitrogen and oxygen atoms in total. The van der Waals surface area contributed by atoms with Crippen LogP contribution in [0.1, 0.15) is 27.2 Å². The first-order chi connectivity index (χ1) is 9.45. The van der Waals surface area contributed by atoms with Crippen molar-refractivity contribution in [2.45, 2.75) is 33.2 Å². The van der Waals surface area contributed by atoms with Crippen molar-refractivity contribution in [1.82, 2.24) is 15.1 Å². The SMILES string of the molecule is CCCN1CCN(C(=O)CNC(=O)[C@@H](N)C(C)C)CC1. The third-order valence-corrected chi connectivity index (χ3v) is 3.70. The molecule has 1 aliphatic heterocycles. The Balaban J connectivity index is 2.29. The van der Waals surface area contributed by atoms with Crippen LogP contribution in [-0.4, -0.2) is 66.9 Å². The van der Waals surface area contributed by atoms with E-state index in [9.17, 15) is 9.59 Å². The lowest BCUT2D eigenvalue weighted by Crippen LogP contribution is -2.52. The number of nitrogens with one attached hydrogen (secondary N) is 1. The van der Waals surface area contributed by atoms with Crippen molar-refractivity contribution in [1.29, 1.82) is 0 Å². The summed E-state index contributed by atoms with van der Waals surface area (Å²) in [5.41, 5.74) is 5.73. The predicted molar refractivity (Wildman–Crippen MR) is 79.1 cm³/mol. The first kappa shape index (κ1) is 16.9. The molecule has 0 aromatic carbocycles. The predicted octanol–water partition coefficient (Wildman–Crippen LogP) is -0.360. The third-order valence-electron chi connectivity index (χ3n) is 3.70. The summed E-state index contributed by atoms with van der Waals surface area (Å²) < 4.78 is 0. The van der Waals surface area contributed by atoms with Gasteiger partial charge in [-0.1, -0.05) is 20.8 Å². The molecule has 0 aromatic heterocycles.